The Labute approximate surface area is 121 Å². The summed E-state index contributed by atoms with van der Waals surface area (Å²) in [6, 6.07) is 13.9. The highest BCUT2D eigenvalue weighted by Crippen LogP contribution is 2.23. The zero-order valence-electron chi connectivity index (χ0n) is 10.1. The summed E-state index contributed by atoms with van der Waals surface area (Å²) in [5.41, 5.74) is 3.32. The molecule has 2 aromatic carbocycles. The summed E-state index contributed by atoms with van der Waals surface area (Å²) in [7, 11) is 0. The maximum absolute atomic E-state index is 6.00. The van der Waals surface area contributed by atoms with Crippen LogP contribution in [0.3, 0.4) is 0 Å². The summed E-state index contributed by atoms with van der Waals surface area (Å²) < 4.78 is 0. The number of halogens is 2. The first-order valence-corrected chi connectivity index (χ1v) is 6.73. The molecule has 3 rings (SSSR count). The van der Waals surface area contributed by atoms with Gasteiger partial charge in [0.1, 0.15) is 0 Å². The largest absolute Gasteiger partial charge is 0.381 e. The van der Waals surface area contributed by atoms with Crippen LogP contribution in [0.1, 0.15) is 5.56 Å². The van der Waals surface area contributed by atoms with Crippen LogP contribution in [-0.4, -0.2) is 4.98 Å². The first-order valence-electron chi connectivity index (χ1n) is 5.97. The van der Waals surface area contributed by atoms with Crippen LogP contribution in [0, 0.1) is 0 Å². The van der Waals surface area contributed by atoms with Crippen molar-refractivity contribution in [1.29, 1.82) is 0 Å². The predicted octanol–water partition coefficient (Wildman–Crippen LogP) is 5.09. The molecule has 0 aliphatic rings. The van der Waals surface area contributed by atoms with E-state index in [1.54, 1.807) is 0 Å². The normalized spacial score (nSPS) is 10.8. The zero-order chi connectivity index (χ0) is 13.2. The maximum Gasteiger partial charge on any atom is 0.0595 e. The van der Waals surface area contributed by atoms with E-state index in [1.165, 1.54) is 5.39 Å². The molecule has 2 N–H and O–H groups in total. The Hall–Kier alpha value is -1.64. The molecule has 1 aromatic heterocycles. The van der Waals surface area contributed by atoms with Crippen molar-refractivity contribution in [3.8, 4) is 0 Å². The number of hydrogen-bond acceptors (Lipinski definition) is 1. The van der Waals surface area contributed by atoms with E-state index in [9.17, 15) is 0 Å². The van der Waals surface area contributed by atoms with Gasteiger partial charge in [0, 0.05) is 29.3 Å². The van der Waals surface area contributed by atoms with Gasteiger partial charge < -0.3 is 10.3 Å². The molecule has 0 saturated heterocycles. The van der Waals surface area contributed by atoms with E-state index in [0.29, 0.717) is 16.6 Å². The second-order valence-electron chi connectivity index (χ2n) is 4.38. The molecule has 1 heterocycles. The highest BCUT2D eigenvalue weighted by atomic mass is 35.5. The SMILES string of the molecule is Clc1ccc(CNc2ccc3[nH]ccc3c2)cc1Cl. The minimum Gasteiger partial charge on any atom is -0.381 e. The monoisotopic (exact) mass is 290 g/mol. The van der Waals surface area contributed by atoms with Gasteiger partial charge in [-0.1, -0.05) is 29.3 Å². The molecule has 3 aromatic rings. The lowest BCUT2D eigenvalue weighted by molar-refractivity contribution is 1.15. The van der Waals surface area contributed by atoms with Crippen molar-refractivity contribution in [2.75, 3.05) is 5.32 Å². The van der Waals surface area contributed by atoms with E-state index in [0.717, 1.165) is 16.8 Å². The predicted molar refractivity (Wildman–Crippen MR) is 82.1 cm³/mol. The van der Waals surface area contributed by atoms with Crippen molar-refractivity contribution >= 4 is 39.8 Å². The summed E-state index contributed by atoms with van der Waals surface area (Å²) in [6.45, 7) is 0.715. The third-order valence-corrected chi connectivity index (χ3v) is 3.77. The van der Waals surface area contributed by atoms with Gasteiger partial charge >= 0.3 is 0 Å². The molecule has 0 fully saturated rings. The van der Waals surface area contributed by atoms with E-state index >= 15 is 0 Å². The zero-order valence-corrected chi connectivity index (χ0v) is 11.6. The minimum atomic E-state index is 0.583. The molecule has 0 radical (unpaired) electrons. The van der Waals surface area contributed by atoms with Gasteiger partial charge in [0.25, 0.3) is 0 Å². The van der Waals surface area contributed by atoms with E-state index in [4.69, 9.17) is 23.2 Å². The van der Waals surface area contributed by atoms with Crippen molar-refractivity contribution in [3.05, 3.63) is 64.3 Å². The van der Waals surface area contributed by atoms with Crippen LogP contribution in [0.25, 0.3) is 10.9 Å². The van der Waals surface area contributed by atoms with Crippen molar-refractivity contribution < 1.29 is 0 Å². The molecular formula is C15H12Cl2N2. The van der Waals surface area contributed by atoms with Gasteiger partial charge in [0.05, 0.1) is 10.0 Å². The topological polar surface area (TPSA) is 27.8 Å². The Balaban J connectivity index is 1.75. The first-order chi connectivity index (χ1) is 9.22. The van der Waals surface area contributed by atoms with Gasteiger partial charge in [-0.25, -0.2) is 0 Å². The Morgan fingerprint density at radius 3 is 2.68 bits per heavy atom. The average molecular weight is 291 g/mol. The van der Waals surface area contributed by atoms with Crippen LogP contribution in [0.2, 0.25) is 10.0 Å². The quantitative estimate of drug-likeness (QED) is 0.691. The van der Waals surface area contributed by atoms with Crippen LogP contribution < -0.4 is 5.32 Å². The Morgan fingerprint density at radius 2 is 1.84 bits per heavy atom. The third-order valence-electron chi connectivity index (χ3n) is 3.03. The van der Waals surface area contributed by atoms with Crippen LogP contribution in [-0.2, 0) is 6.54 Å². The third kappa shape index (κ3) is 2.70. The van der Waals surface area contributed by atoms with Crippen molar-refractivity contribution in [1.82, 2.24) is 4.98 Å². The van der Waals surface area contributed by atoms with Gasteiger partial charge in [0.15, 0.2) is 0 Å². The van der Waals surface area contributed by atoms with Gasteiger partial charge in [-0.2, -0.15) is 0 Å². The molecular weight excluding hydrogens is 279 g/mol. The van der Waals surface area contributed by atoms with Gasteiger partial charge in [-0.05, 0) is 42.0 Å². The van der Waals surface area contributed by atoms with Crippen molar-refractivity contribution in [2.45, 2.75) is 6.54 Å². The summed E-state index contributed by atoms with van der Waals surface area (Å²) in [5.74, 6) is 0. The maximum atomic E-state index is 6.00. The lowest BCUT2D eigenvalue weighted by atomic mass is 10.2. The lowest BCUT2D eigenvalue weighted by Gasteiger charge is -2.07. The summed E-state index contributed by atoms with van der Waals surface area (Å²) in [5, 5.41) is 5.74. The summed E-state index contributed by atoms with van der Waals surface area (Å²) >= 11 is 11.9. The Bertz CT molecular complexity index is 719. The van der Waals surface area contributed by atoms with Gasteiger partial charge in [0.2, 0.25) is 0 Å². The number of hydrogen-bond donors (Lipinski definition) is 2. The number of H-pyrrole nitrogens is 1. The van der Waals surface area contributed by atoms with Gasteiger partial charge in [-0.3, -0.25) is 0 Å². The molecule has 19 heavy (non-hydrogen) atoms. The minimum absolute atomic E-state index is 0.583. The van der Waals surface area contributed by atoms with Crippen LogP contribution in [0.5, 0.6) is 0 Å². The van der Waals surface area contributed by atoms with Crippen LogP contribution >= 0.6 is 23.2 Å². The van der Waals surface area contributed by atoms with Gasteiger partial charge in [-0.15, -0.1) is 0 Å². The molecule has 0 spiro atoms. The fraction of sp³-hybridized carbons (Fsp3) is 0.0667. The smallest absolute Gasteiger partial charge is 0.0595 e. The Kier molecular flexibility index (Phi) is 3.36. The second kappa shape index (κ2) is 5.16. The number of aromatic nitrogens is 1. The first kappa shape index (κ1) is 12.4. The van der Waals surface area contributed by atoms with E-state index < -0.39 is 0 Å². The number of aromatic amines is 1. The molecule has 0 unspecified atom stereocenters. The summed E-state index contributed by atoms with van der Waals surface area (Å²) in [4.78, 5) is 3.17. The van der Waals surface area contributed by atoms with Crippen LogP contribution in [0.4, 0.5) is 5.69 Å². The fourth-order valence-corrected chi connectivity index (χ4v) is 2.34. The number of anilines is 1. The highest BCUT2D eigenvalue weighted by Gasteiger charge is 2.01. The molecule has 0 aliphatic heterocycles. The molecule has 0 saturated carbocycles. The number of nitrogens with one attached hydrogen (secondary N) is 2. The fourth-order valence-electron chi connectivity index (χ4n) is 2.02. The molecule has 0 bridgehead atoms. The second-order valence-corrected chi connectivity index (χ2v) is 5.20. The Morgan fingerprint density at radius 1 is 0.947 bits per heavy atom. The standard InChI is InChI=1S/C15H12Cl2N2/c16-13-3-1-10(7-14(13)17)9-19-12-2-4-15-11(8-12)5-6-18-15/h1-8,18-19H,9H2. The van der Waals surface area contributed by atoms with E-state index in [2.05, 4.69) is 34.6 Å². The van der Waals surface area contributed by atoms with Crippen LogP contribution in [0.15, 0.2) is 48.7 Å². The van der Waals surface area contributed by atoms with E-state index in [1.807, 2.05) is 24.4 Å². The number of fused-ring (bicyclic) bond motifs is 1. The molecule has 0 aliphatic carbocycles. The average Bonchev–Trinajstić information content (AvgIpc) is 2.87. The molecule has 2 nitrogen and oxygen atoms in total. The molecule has 4 heteroatoms. The molecule has 0 atom stereocenters. The van der Waals surface area contributed by atoms with E-state index in [-0.39, 0.29) is 0 Å². The van der Waals surface area contributed by atoms with Crippen molar-refractivity contribution in [2.24, 2.45) is 0 Å². The molecule has 96 valence electrons. The molecule has 0 amide bonds. The van der Waals surface area contributed by atoms with Crippen molar-refractivity contribution in [3.63, 3.8) is 0 Å². The summed E-state index contributed by atoms with van der Waals surface area (Å²) in [6.07, 6.45) is 1.94. The lowest BCUT2D eigenvalue weighted by Crippen LogP contribution is -1.99. The number of benzene rings is 2. The number of rotatable bonds is 3. The highest BCUT2D eigenvalue weighted by molar-refractivity contribution is 6.42.